The van der Waals surface area contributed by atoms with Gasteiger partial charge in [-0.2, -0.15) is 0 Å². The number of anilines is 1. The highest BCUT2D eigenvalue weighted by Gasteiger charge is 2.15. The molecule has 0 spiro atoms. The molecule has 0 aromatic carbocycles. The molecule has 1 aliphatic heterocycles. The van der Waals surface area contributed by atoms with E-state index in [9.17, 15) is 0 Å². The second-order valence-electron chi connectivity index (χ2n) is 3.62. The van der Waals surface area contributed by atoms with Gasteiger partial charge in [0.25, 0.3) is 0 Å². The minimum Gasteiger partial charge on any atom is -0.356 e. The summed E-state index contributed by atoms with van der Waals surface area (Å²) in [5.41, 5.74) is 1.19. The quantitative estimate of drug-likeness (QED) is 0.653. The molecule has 13 heavy (non-hydrogen) atoms. The van der Waals surface area contributed by atoms with Crippen LogP contribution in [0.3, 0.4) is 0 Å². The number of rotatable bonds is 1. The molecule has 3 heteroatoms. The number of hydrogen-bond donors (Lipinski definition) is 0. The van der Waals surface area contributed by atoms with Crippen LogP contribution >= 0.6 is 0 Å². The average molecular weight is 177 g/mol. The first kappa shape index (κ1) is 8.48. The highest BCUT2D eigenvalue weighted by molar-refractivity contribution is 5.45. The van der Waals surface area contributed by atoms with Crippen LogP contribution in [-0.2, 0) is 0 Å². The highest BCUT2D eigenvalue weighted by Crippen LogP contribution is 2.20. The lowest BCUT2D eigenvalue weighted by atomic mass is 10.3. The zero-order chi connectivity index (χ0) is 9.26. The Balaban J connectivity index is 2.32. The van der Waals surface area contributed by atoms with E-state index in [0.717, 1.165) is 24.7 Å². The van der Waals surface area contributed by atoms with Crippen LogP contribution in [0.15, 0.2) is 6.20 Å². The van der Waals surface area contributed by atoms with E-state index in [1.807, 2.05) is 13.1 Å². The molecule has 1 aromatic heterocycles. The summed E-state index contributed by atoms with van der Waals surface area (Å²) < 4.78 is 0. The van der Waals surface area contributed by atoms with Crippen molar-refractivity contribution in [2.24, 2.45) is 0 Å². The molecule has 1 aromatic rings. The number of aromatic nitrogens is 2. The van der Waals surface area contributed by atoms with Gasteiger partial charge in [0.15, 0.2) is 0 Å². The minimum absolute atomic E-state index is 0.868. The predicted molar refractivity (Wildman–Crippen MR) is 53.0 cm³/mol. The van der Waals surface area contributed by atoms with Crippen molar-refractivity contribution in [1.29, 1.82) is 0 Å². The van der Waals surface area contributed by atoms with E-state index < -0.39 is 0 Å². The van der Waals surface area contributed by atoms with Crippen molar-refractivity contribution in [3.05, 3.63) is 17.6 Å². The molecule has 1 saturated heterocycles. The van der Waals surface area contributed by atoms with Crippen LogP contribution in [0.4, 0.5) is 5.82 Å². The van der Waals surface area contributed by atoms with Gasteiger partial charge in [-0.05, 0) is 26.7 Å². The van der Waals surface area contributed by atoms with Crippen LogP contribution in [0.25, 0.3) is 0 Å². The SMILES string of the molecule is Cc1ncc(C)c(N2CCCC2)n1. The first-order valence-electron chi connectivity index (χ1n) is 4.82. The molecule has 0 atom stereocenters. The molecule has 3 nitrogen and oxygen atoms in total. The van der Waals surface area contributed by atoms with Crippen molar-refractivity contribution in [1.82, 2.24) is 9.97 Å². The molecule has 0 radical (unpaired) electrons. The molecular formula is C10H15N3. The summed E-state index contributed by atoms with van der Waals surface area (Å²) in [6, 6.07) is 0. The maximum atomic E-state index is 4.47. The Morgan fingerprint density at radius 2 is 1.92 bits per heavy atom. The maximum absolute atomic E-state index is 4.47. The van der Waals surface area contributed by atoms with Gasteiger partial charge < -0.3 is 4.90 Å². The van der Waals surface area contributed by atoms with E-state index >= 15 is 0 Å². The van der Waals surface area contributed by atoms with E-state index in [1.54, 1.807) is 0 Å². The zero-order valence-corrected chi connectivity index (χ0v) is 8.25. The maximum Gasteiger partial charge on any atom is 0.135 e. The van der Waals surface area contributed by atoms with E-state index in [-0.39, 0.29) is 0 Å². The Morgan fingerprint density at radius 1 is 1.23 bits per heavy atom. The van der Waals surface area contributed by atoms with Crippen molar-refractivity contribution in [2.75, 3.05) is 18.0 Å². The Hall–Kier alpha value is -1.12. The normalized spacial score (nSPS) is 16.6. The van der Waals surface area contributed by atoms with E-state index in [0.29, 0.717) is 0 Å². The smallest absolute Gasteiger partial charge is 0.135 e. The van der Waals surface area contributed by atoms with Crippen molar-refractivity contribution in [3.8, 4) is 0 Å². The van der Waals surface area contributed by atoms with Crippen molar-refractivity contribution < 1.29 is 0 Å². The van der Waals surface area contributed by atoms with Gasteiger partial charge in [0.1, 0.15) is 11.6 Å². The van der Waals surface area contributed by atoms with Crippen LogP contribution < -0.4 is 4.90 Å². The summed E-state index contributed by atoms with van der Waals surface area (Å²) in [4.78, 5) is 11.0. The molecule has 0 N–H and O–H groups in total. The van der Waals surface area contributed by atoms with Crippen molar-refractivity contribution in [2.45, 2.75) is 26.7 Å². The molecule has 2 heterocycles. The van der Waals surface area contributed by atoms with E-state index in [4.69, 9.17) is 0 Å². The largest absolute Gasteiger partial charge is 0.356 e. The molecule has 1 fully saturated rings. The summed E-state index contributed by atoms with van der Waals surface area (Å²) in [5, 5.41) is 0. The molecule has 1 aliphatic rings. The molecule has 0 bridgehead atoms. The Kier molecular flexibility index (Phi) is 2.17. The summed E-state index contributed by atoms with van der Waals surface area (Å²) in [6.07, 6.45) is 4.50. The van der Waals surface area contributed by atoms with Gasteiger partial charge in [-0.25, -0.2) is 9.97 Å². The first-order valence-corrected chi connectivity index (χ1v) is 4.82. The van der Waals surface area contributed by atoms with Crippen LogP contribution in [0.2, 0.25) is 0 Å². The molecule has 0 saturated carbocycles. The zero-order valence-electron chi connectivity index (χ0n) is 8.25. The van der Waals surface area contributed by atoms with Crippen LogP contribution in [0, 0.1) is 13.8 Å². The van der Waals surface area contributed by atoms with E-state index in [1.165, 1.54) is 18.4 Å². The van der Waals surface area contributed by atoms with Gasteiger partial charge in [-0.1, -0.05) is 0 Å². The summed E-state index contributed by atoms with van der Waals surface area (Å²) in [7, 11) is 0. The lowest BCUT2D eigenvalue weighted by molar-refractivity contribution is 0.897. The standard InChI is InChI=1S/C10H15N3/c1-8-7-11-9(2)12-10(8)13-5-3-4-6-13/h7H,3-6H2,1-2H3. The third-order valence-electron chi connectivity index (χ3n) is 2.47. The lowest BCUT2D eigenvalue weighted by Crippen LogP contribution is -2.20. The van der Waals surface area contributed by atoms with Gasteiger partial charge >= 0.3 is 0 Å². The van der Waals surface area contributed by atoms with E-state index in [2.05, 4.69) is 21.8 Å². The fourth-order valence-electron chi connectivity index (χ4n) is 1.77. The fraction of sp³-hybridized carbons (Fsp3) is 0.600. The summed E-state index contributed by atoms with van der Waals surface area (Å²) in [5.74, 6) is 2.00. The van der Waals surface area contributed by atoms with Gasteiger partial charge in [0.05, 0.1) is 0 Å². The predicted octanol–water partition coefficient (Wildman–Crippen LogP) is 1.69. The molecule has 0 unspecified atom stereocenters. The topological polar surface area (TPSA) is 29.0 Å². The Bertz CT molecular complexity index is 303. The molecule has 0 amide bonds. The van der Waals surface area contributed by atoms with Crippen LogP contribution in [0.5, 0.6) is 0 Å². The minimum atomic E-state index is 0.868. The number of nitrogens with zero attached hydrogens (tertiary/aromatic N) is 3. The highest BCUT2D eigenvalue weighted by atomic mass is 15.2. The van der Waals surface area contributed by atoms with Gasteiger partial charge in [0.2, 0.25) is 0 Å². The van der Waals surface area contributed by atoms with Crippen molar-refractivity contribution in [3.63, 3.8) is 0 Å². The van der Waals surface area contributed by atoms with Gasteiger partial charge in [-0.15, -0.1) is 0 Å². The fourth-order valence-corrected chi connectivity index (χ4v) is 1.77. The molecule has 70 valence electrons. The van der Waals surface area contributed by atoms with Gasteiger partial charge in [0, 0.05) is 24.8 Å². The van der Waals surface area contributed by atoms with Gasteiger partial charge in [-0.3, -0.25) is 0 Å². The lowest BCUT2D eigenvalue weighted by Gasteiger charge is -2.18. The Labute approximate surface area is 78.8 Å². The van der Waals surface area contributed by atoms with Crippen molar-refractivity contribution >= 4 is 5.82 Å². The second-order valence-corrected chi connectivity index (χ2v) is 3.62. The summed E-state index contributed by atoms with van der Waals surface area (Å²) in [6.45, 7) is 6.32. The molecular weight excluding hydrogens is 162 g/mol. The third kappa shape index (κ3) is 1.64. The monoisotopic (exact) mass is 177 g/mol. The average Bonchev–Trinajstić information content (AvgIpc) is 2.61. The molecule has 2 rings (SSSR count). The number of hydrogen-bond acceptors (Lipinski definition) is 3. The van der Waals surface area contributed by atoms with Crippen LogP contribution in [0.1, 0.15) is 24.2 Å². The third-order valence-corrected chi connectivity index (χ3v) is 2.47. The number of aryl methyl sites for hydroxylation is 2. The van der Waals surface area contributed by atoms with Crippen LogP contribution in [-0.4, -0.2) is 23.1 Å². The summed E-state index contributed by atoms with van der Waals surface area (Å²) >= 11 is 0. The Morgan fingerprint density at radius 3 is 2.62 bits per heavy atom. The second kappa shape index (κ2) is 3.32. The first-order chi connectivity index (χ1) is 6.27. The molecule has 0 aliphatic carbocycles.